The zero-order valence-corrected chi connectivity index (χ0v) is 13.3. The number of hydrogen-bond donors (Lipinski definition) is 2. The Kier molecular flexibility index (Phi) is 6.09. The van der Waals surface area contributed by atoms with E-state index in [1.54, 1.807) is 7.05 Å². The van der Waals surface area contributed by atoms with Crippen molar-refractivity contribution >= 4 is 11.9 Å². The molecule has 2 N–H and O–H groups in total. The maximum absolute atomic E-state index is 12.2. The van der Waals surface area contributed by atoms with E-state index in [-0.39, 0.29) is 12.5 Å². The van der Waals surface area contributed by atoms with Crippen molar-refractivity contribution in [2.24, 2.45) is 4.99 Å². The first kappa shape index (κ1) is 17.8. The number of aliphatic imine (C=N–C) groups is 1. The predicted octanol–water partition coefficient (Wildman–Crippen LogP) is 0.410. The number of hydrogen-bond acceptors (Lipinski definition) is 3. The second kappa shape index (κ2) is 7.85. The minimum atomic E-state index is -4.17. The van der Waals surface area contributed by atoms with Crippen LogP contribution < -0.4 is 10.6 Å². The molecule has 0 atom stereocenters. The lowest BCUT2D eigenvalue weighted by Gasteiger charge is -2.36. The van der Waals surface area contributed by atoms with E-state index in [1.807, 2.05) is 4.90 Å². The number of carbonyl (C=O) groups is 1. The number of alkyl halides is 3. The molecular weight excluding hydrogens is 311 g/mol. The summed E-state index contributed by atoms with van der Waals surface area (Å²) in [5.74, 6) is 0.532. The first-order valence-electron chi connectivity index (χ1n) is 7.91. The molecule has 23 heavy (non-hydrogen) atoms. The number of amides is 1. The van der Waals surface area contributed by atoms with Gasteiger partial charge in [0.1, 0.15) is 0 Å². The number of nitrogens with zero attached hydrogens (tertiary/aromatic N) is 3. The van der Waals surface area contributed by atoms with Crippen LogP contribution in [0, 0.1) is 0 Å². The van der Waals surface area contributed by atoms with E-state index in [9.17, 15) is 18.0 Å². The summed E-state index contributed by atoms with van der Waals surface area (Å²) in [6.45, 7) is 2.87. The van der Waals surface area contributed by atoms with Gasteiger partial charge in [-0.05, 0) is 12.8 Å². The third-order valence-corrected chi connectivity index (χ3v) is 3.88. The maximum Gasteiger partial charge on any atom is 0.390 e. The Bertz CT molecular complexity index is 429. The number of nitrogens with one attached hydrogen (secondary N) is 2. The largest absolute Gasteiger partial charge is 0.390 e. The van der Waals surface area contributed by atoms with Crippen LogP contribution in [-0.2, 0) is 4.79 Å². The van der Waals surface area contributed by atoms with Crippen LogP contribution in [-0.4, -0.2) is 80.2 Å². The molecule has 1 aliphatic heterocycles. The van der Waals surface area contributed by atoms with Crippen molar-refractivity contribution in [2.75, 3.05) is 46.3 Å². The highest BCUT2D eigenvalue weighted by molar-refractivity contribution is 5.80. The highest BCUT2D eigenvalue weighted by Crippen LogP contribution is 2.19. The first-order valence-corrected chi connectivity index (χ1v) is 7.91. The summed E-state index contributed by atoms with van der Waals surface area (Å²) < 4.78 is 36.5. The van der Waals surface area contributed by atoms with E-state index in [1.165, 1.54) is 0 Å². The minimum absolute atomic E-state index is 0.0497. The third kappa shape index (κ3) is 6.64. The van der Waals surface area contributed by atoms with Gasteiger partial charge in [0.25, 0.3) is 0 Å². The Morgan fingerprint density at radius 2 is 1.87 bits per heavy atom. The van der Waals surface area contributed by atoms with E-state index in [0.717, 1.165) is 12.8 Å². The van der Waals surface area contributed by atoms with Crippen molar-refractivity contribution in [3.8, 4) is 0 Å². The van der Waals surface area contributed by atoms with Crippen LogP contribution >= 0.6 is 0 Å². The van der Waals surface area contributed by atoms with Crippen molar-refractivity contribution in [1.29, 1.82) is 0 Å². The smallest absolute Gasteiger partial charge is 0.356 e. The Morgan fingerprint density at radius 3 is 2.39 bits per heavy atom. The number of guanidine groups is 1. The first-order chi connectivity index (χ1) is 10.9. The average Bonchev–Trinajstić information content (AvgIpc) is 3.27. The second-order valence-electron chi connectivity index (χ2n) is 5.94. The molecule has 2 fully saturated rings. The number of rotatable bonds is 5. The number of piperazine rings is 1. The molecule has 132 valence electrons. The number of carbonyl (C=O) groups excluding carboxylic acids is 1. The summed E-state index contributed by atoms with van der Waals surface area (Å²) in [4.78, 5) is 19.8. The summed E-state index contributed by atoms with van der Waals surface area (Å²) in [6, 6.07) is 0.362. The maximum atomic E-state index is 12.2. The Balaban J connectivity index is 1.68. The van der Waals surface area contributed by atoms with Gasteiger partial charge in [-0.15, -0.1) is 0 Å². The van der Waals surface area contributed by atoms with E-state index in [4.69, 9.17) is 0 Å². The number of halogens is 3. The molecule has 0 aromatic heterocycles. The van der Waals surface area contributed by atoms with E-state index < -0.39 is 12.6 Å². The van der Waals surface area contributed by atoms with Gasteiger partial charge < -0.3 is 15.5 Å². The zero-order chi connectivity index (χ0) is 16.9. The van der Waals surface area contributed by atoms with Gasteiger partial charge in [-0.1, -0.05) is 0 Å². The molecule has 1 saturated heterocycles. The van der Waals surface area contributed by atoms with E-state index >= 15 is 0 Å². The molecule has 0 radical (unpaired) electrons. The summed E-state index contributed by atoms with van der Waals surface area (Å²) in [6.07, 6.45) is -2.91. The molecule has 0 spiro atoms. The average molecular weight is 335 g/mol. The van der Waals surface area contributed by atoms with Crippen LogP contribution in [0.2, 0.25) is 0 Å². The minimum Gasteiger partial charge on any atom is -0.356 e. The second-order valence-corrected chi connectivity index (χ2v) is 5.94. The fraction of sp³-hybridized carbons (Fsp3) is 0.857. The summed E-state index contributed by atoms with van der Waals surface area (Å²) in [5.41, 5.74) is 0. The molecule has 1 saturated carbocycles. The molecule has 0 aromatic rings. The van der Waals surface area contributed by atoms with Crippen LogP contribution in [0.1, 0.15) is 19.3 Å². The fourth-order valence-corrected chi connectivity index (χ4v) is 2.47. The van der Waals surface area contributed by atoms with Gasteiger partial charge in [-0.3, -0.25) is 14.7 Å². The third-order valence-electron chi connectivity index (χ3n) is 3.88. The van der Waals surface area contributed by atoms with Gasteiger partial charge >= 0.3 is 6.18 Å². The molecule has 2 rings (SSSR count). The van der Waals surface area contributed by atoms with Crippen molar-refractivity contribution in [1.82, 2.24) is 20.4 Å². The Morgan fingerprint density at radius 1 is 1.22 bits per heavy atom. The van der Waals surface area contributed by atoms with Gasteiger partial charge in [-0.2, -0.15) is 13.2 Å². The van der Waals surface area contributed by atoms with E-state index in [0.29, 0.717) is 44.7 Å². The van der Waals surface area contributed by atoms with Crippen LogP contribution in [0.25, 0.3) is 0 Å². The molecule has 1 aliphatic carbocycles. The van der Waals surface area contributed by atoms with Gasteiger partial charge in [0.2, 0.25) is 5.91 Å². The molecule has 1 amide bonds. The molecule has 1 heterocycles. The topological polar surface area (TPSA) is 60.0 Å². The molecule has 0 bridgehead atoms. The van der Waals surface area contributed by atoms with Crippen molar-refractivity contribution in [2.45, 2.75) is 31.5 Å². The van der Waals surface area contributed by atoms with Gasteiger partial charge in [0.05, 0.1) is 13.0 Å². The van der Waals surface area contributed by atoms with Crippen LogP contribution in [0.5, 0.6) is 0 Å². The standard InChI is InChI=1S/C14H24F3N5O/c1-18-13(19-5-4-14(15,16)17)22-8-6-21(7-9-22)10-12(23)20-11-2-3-11/h11H,2-10H2,1H3,(H,18,19)(H,20,23). The zero-order valence-electron chi connectivity index (χ0n) is 13.3. The molecule has 6 nitrogen and oxygen atoms in total. The highest BCUT2D eigenvalue weighted by atomic mass is 19.4. The fourth-order valence-electron chi connectivity index (χ4n) is 2.47. The van der Waals surface area contributed by atoms with Crippen LogP contribution in [0.3, 0.4) is 0 Å². The summed E-state index contributed by atoms with van der Waals surface area (Å²) in [5, 5.41) is 5.70. The Labute approximate surface area is 134 Å². The van der Waals surface area contributed by atoms with Gasteiger partial charge in [-0.25, -0.2) is 0 Å². The van der Waals surface area contributed by atoms with E-state index in [2.05, 4.69) is 20.5 Å². The molecular formula is C14H24F3N5O. The normalized spacial score (nSPS) is 20.5. The molecule has 0 aromatic carbocycles. The van der Waals surface area contributed by atoms with Crippen molar-refractivity contribution in [3.05, 3.63) is 0 Å². The van der Waals surface area contributed by atoms with Crippen molar-refractivity contribution < 1.29 is 18.0 Å². The molecule has 2 aliphatic rings. The summed E-state index contributed by atoms with van der Waals surface area (Å²) >= 11 is 0. The van der Waals surface area contributed by atoms with Gasteiger partial charge in [0, 0.05) is 45.8 Å². The lowest BCUT2D eigenvalue weighted by atomic mass is 10.3. The summed E-state index contributed by atoms with van der Waals surface area (Å²) in [7, 11) is 1.56. The lowest BCUT2D eigenvalue weighted by Crippen LogP contribution is -2.54. The highest BCUT2D eigenvalue weighted by Gasteiger charge is 2.28. The van der Waals surface area contributed by atoms with Crippen molar-refractivity contribution in [3.63, 3.8) is 0 Å². The SMILES string of the molecule is CN=C(NCCC(F)(F)F)N1CCN(CC(=O)NC2CC2)CC1. The predicted molar refractivity (Wildman–Crippen MR) is 81.2 cm³/mol. The molecule has 9 heteroatoms. The van der Waals surface area contributed by atoms with Gasteiger partial charge in [0.15, 0.2) is 5.96 Å². The quantitative estimate of drug-likeness (QED) is 0.564. The van der Waals surface area contributed by atoms with Crippen LogP contribution in [0.15, 0.2) is 4.99 Å². The lowest BCUT2D eigenvalue weighted by molar-refractivity contribution is -0.132. The monoisotopic (exact) mass is 335 g/mol. The molecule has 0 unspecified atom stereocenters. The van der Waals surface area contributed by atoms with Crippen LogP contribution in [0.4, 0.5) is 13.2 Å². The Hall–Kier alpha value is -1.51.